The number of fused-ring (bicyclic) bond motifs is 1. The first-order valence-electron chi connectivity index (χ1n) is 12.6. The first-order chi connectivity index (χ1) is 18.0. The van der Waals surface area contributed by atoms with E-state index in [4.69, 9.17) is 33.2 Å². The molecular formula is C27H28Cl2F2N6. The molecule has 1 N–H and O–H groups in total. The standard InChI is InChI=1S/C27H28Cl2F2N6/c28-19-7-6-8-20(29)24(19)26-34-23-17-33-27(32-16-18-9-10-21(30)22(31)15-18)35-25(23)37(26)14-3-1-2-11-36-12-4-5-13-36/h6-10,15,17H,1-5,11-14,16H2,(H,32,33,35). The molecule has 0 amide bonds. The van der Waals surface area contributed by atoms with Gasteiger partial charge in [-0.25, -0.2) is 18.7 Å². The fraction of sp³-hybridized carbons (Fsp3) is 0.370. The summed E-state index contributed by atoms with van der Waals surface area (Å²) in [7, 11) is 0. The summed E-state index contributed by atoms with van der Waals surface area (Å²) in [5.74, 6) is -0.752. The van der Waals surface area contributed by atoms with Crippen LogP contribution in [0.15, 0.2) is 42.6 Å². The van der Waals surface area contributed by atoms with Gasteiger partial charge < -0.3 is 14.8 Å². The zero-order valence-corrected chi connectivity index (χ0v) is 21.9. The lowest BCUT2D eigenvalue weighted by Crippen LogP contribution is -2.20. The first kappa shape index (κ1) is 25.8. The lowest BCUT2D eigenvalue weighted by atomic mass is 10.2. The van der Waals surface area contributed by atoms with E-state index in [0.717, 1.165) is 37.9 Å². The van der Waals surface area contributed by atoms with Crippen molar-refractivity contribution >= 4 is 40.3 Å². The van der Waals surface area contributed by atoms with E-state index in [1.807, 2.05) is 4.57 Å². The largest absolute Gasteiger partial charge is 0.350 e. The number of anilines is 1. The van der Waals surface area contributed by atoms with Crippen molar-refractivity contribution in [2.24, 2.45) is 0 Å². The normalized spacial score (nSPS) is 14.1. The van der Waals surface area contributed by atoms with E-state index in [0.29, 0.717) is 50.7 Å². The number of hydrogen-bond donors (Lipinski definition) is 1. The Bertz CT molecular complexity index is 1370. The lowest BCUT2D eigenvalue weighted by molar-refractivity contribution is 0.327. The van der Waals surface area contributed by atoms with Gasteiger partial charge in [0.05, 0.1) is 21.8 Å². The van der Waals surface area contributed by atoms with Gasteiger partial charge in [-0.15, -0.1) is 0 Å². The van der Waals surface area contributed by atoms with Gasteiger partial charge in [0.2, 0.25) is 5.95 Å². The molecule has 1 fully saturated rings. The molecule has 0 saturated carbocycles. The summed E-state index contributed by atoms with van der Waals surface area (Å²) in [5, 5.41) is 4.13. The van der Waals surface area contributed by atoms with Crippen LogP contribution in [-0.4, -0.2) is 44.1 Å². The van der Waals surface area contributed by atoms with Crippen LogP contribution in [0.5, 0.6) is 0 Å². The van der Waals surface area contributed by atoms with Gasteiger partial charge in [-0.05, 0) is 75.1 Å². The second-order valence-electron chi connectivity index (χ2n) is 9.30. The first-order valence-corrected chi connectivity index (χ1v) is 13.3. The fourth-order valence-electron chi connectivity index (χ4n) is 4.74. The van der Waals surface area contributed by atoms with Crippen molar-refractivity contribution in [2.75, 3.05) is 25.0 Å². The fourth-order valence-corrected chi connectivity index (χ4v) is 5.30. The number of imidazole rings is 1. The number of aryl methyl sites for hydroxylation is 1. The third kappa shape index (κ3) is 6.03. The molecule has 0 atom stereocenters. The Kier molecular flexibility index (Phi) is 8.17. The van der Waals surface area contributed by atoms with Crippen LogP contribution in [0.2, 0.25) is 10.0 Å². The van der Waals surface area contributed by atoms with Crippen LogP contribution in [0.3, 0.4) is 0 Å². The molecule has 0 aliphatic carbocycles. The molecule has 0 bridgehead atoms. The van der Waals surface area contributed by atoms with Crippen LogP contribution in [0.1, 0.15) is 37.7 Å². The SMILES string of the molecule is Fc1ccc(CNc2ncc3nc(-c4c(Cl)cccc4Cl)n(CCCCCN4CCCC4)c3n2)cc1F. The van der Waals surface area contributed by atoms with Gasteiger partial charge >= 0.3 is 0 Å². The summed E-state index contributed by atoms with van der Waals surface area (Å²) < 4.78 is 28.9. The molecule has 194 valence electrons. The van der Waals surface area contributed by atoms with Gasteiger partial charge in [0.25, 0.3) is 0 Å². The highest BCUT2D eigenvalue weighted by Gasteiger charge is 2.20. The van der Waals surface area contributed by atoms with Crippen LogP contribution in [-0.2, 0) is 13.1 Å². The van der Waals surface area contributed by atoms with E-state index < -0.39 is 11.6 Å². The minimum atomic E-state index is -0.889. The molecular weight excluding hydrogens is 517 g/mol. The quantitative estimate of drug-likeness (QED) is 0.219. The van der Waals surface area contributed by atoms with E-state index in [9.17, 15) is 8.78 Å². The number of nitrogens with zero attached hydrogens (tertiary/aromatic N) is 5. The van der Waals surface area contributed by atoms with Gasteiger partial charge in [0.15, 0.2) is 17.3 Å². The molecule has 10 heteroatoms. The molecule has 1 saturated heterocycles. The maximum Gasteiger partial charge on any atom is 0.225 e. The van der Waals surface area contributed by atoms with Crippen molar-refractivity contribution in [1.82, 2.24) is 24.4 Å². The average Bonchev–Trinajstić information content (AvgIpc) is 3.52. The predicted molar refractivity (Wildman–Crippen MR) is 144 cm³/mol. The highest BCUT2D eigenvalue weighted by Crippen LogP contribution is 2.35. The second-order valence-corrected chi connectivity index (χ2v) is 10.1. The zero-order valence-electron chi connectivity index (χ0n) is 20.4. The molecule has 2 aromatic heterocycles. The number of rotatable bonds is 10. The lowest BCUT2D eigenvalue weighted by Gasteiger charge is -2.15. The third-order valence-electron chi connectivity index (χ3n) is 6.66. The molecule has 2 aromatic carbocycles. The molecule has 1 aliphatic rings. The highest BCUT2D eigenvalue weighted by atomic mass is 35.5. The minimum Gasteiger partial charge on any atom is -0.350 e. The monoisotopic (exact) mass is 544 g/mol. The van der Waals surface area contributed by atoms with E-state index in [2.05, 4.69) is 15.2 Å². The van der Waals surface area contributed by atoms with Crippen molar-refractivity contribution in [3.05, 3.63) is 69.8 Å². The maximum absolute atomic E-state index is 13.6. The summed E-state index contributed by atoms with van der Waals surface area (Å²) >= 11 is 13.1. The number of benzene rings is 2. The summed E-state index contributed by atoms with van der Waals surface area (Å²) in [4.78, 5) is 16.4. The van der Waals surface area contributed by atoms with Crippen LogP contribution in [0.25, 0.3) is 22.6 Å². The molecule has 6 nitrogen and oxygen atoms in total. The number of unbranched alkanes of at least 4 members (excludes halogenated alkanes) is 2. The van der Waals surface area contributed by atoms with Gasteiger partial charge in [-0.1, -0.05) is 41.8 Å². The molecule has 3 heterocycles. The molecule has 0 spiro atoms. The Hall–Kier alpha value is -2.81. The molecule has 5 rings (SSSR count). The summed E-state index contributed by atoms with van der Waals surface area (Å²) in [6, 6.07) is 9.18. The van der Waals surface area contributed by atoms with Crippen molar-refractivity contribution in [3.8, 4) is 11.4 Å². The van der Waals surface area contributed by atoms with Crippen molar-refractivity contribution in [1.29, 1.82) is 0 Å². The van der Waals surface area contributed by atoms with Crippen LogP contribution in [0, 0.1) is 11.6 Å². The molecule has 0 unspecified atom stereocenters. The number of likely N-dealkylation sites (tertiary alicyclic amines) is 1. The van der Waals surface area contributed by atoms with E-state index >= 15 is 0 Å². The zero-order chi connectivity index (χ0) is 25.8. The van der Waals surface area contributed by atoms with Crippen LogP contribution >= 0.6 is 23.2 Å². The molecule has 4 aromatic rings. The Morgan fingerprint density at radius 2 is 1.65 bits per heavy atom. The van der Waals surface area contributed by atoms with E-state index in [-0.39, 0.29) is 6.54 Å². The van der Waals surface area contributed by atoms with Gasteiger partial charge in [-0.3, -0.25) is 0 Å². The van der Waals surface area contributed by atoms with E-state index in [1.54, 1.807) is 24.4 Å². The molecule has 0 radical (unpaired) electrons. The topological polar surface area (TPSA) is 58.9 Å². The Labute approximate surface area is 224 Å². The minimum absolute atomic E-state index is 0.247. The number of nitrogens with one attached hydrogen (secondary N) is 1. The van der Waals surface area contributed by atoms with Crippen molar-refractivity contribution in [3.63, 3.8) is 0 Å². The van der Waals surface area contributed by atoms with Gasteiger partial charge in [-0.2, -0.15) is 4.98 Å². The third-order valence-corrected chi connectivity index (χ3v) is 7.29. The Morgan fingerprint density at radius 1 is 0.892 bits per heavy atom. The van der Waals surface area contributed by atoms with Gasteiger partial charge in [0.1, 0.15) is 11.3 Å². The maximum atomic E-state index is 13.6. The number of hydrogen-bond acceptors (Lipinski definition) is 5. The smallest absolute Gasteiger partial charge is 0.225 e. The highest BCUT2D eigenvalue weighted by molar-refractivity contribution is 6.39. The molecule has 1 aliphatic heterocycles. The second kappa shape index (κ2) is 11.7. The predicted octanol–water partition coefficient (Wildman–Crippen LogP) is 6.96. The van der Waals surface area contributed by atoms with E-state index in [1.165, 1.54) is 32.0 Å². The van der Waals surface area contributed by atoms with Crippen molar-refractivity contribution in [2.45, 2.75) is 45.2 Å². The number of halogens is 4. The Morgan fingerprint density at radius 3 is 2.41 bits per heavy atom. The summed E-state index contributed by atoms with van der Waals surface area (Å²) in [6.07, 6.45) is 7.43. The van der Waals surface area contributed by atoms with Crippen molar-refractivity contribution < 1.29 is 8.78 Å². The Balaban J connectivity index is 1.39. The molecule has 37 heavy (non-hydrogen) atoms. The van der Waals surface area contributed by atoms with Crippen LogP contribution < -0.4 is 5.32 Å². The average molecular weight is 545 g/mol. The summed E-state index contributed by atoms with van der Waals surface area (Å²) in [6.45, 7) is 4.49. The number of aromatic nitrogens is 4. The van der Waals surface area contributed by atoms with Crippen LogP contribution in [0.4, 0.5) is 14.7 Å². The van der Waals surface area contributed by atoms with Gasteiger partial charge in [0, 0.05) is 13.1 Å². The summed E-state index contributed by atoms with van der Waals surface area (Å²) in [5.41, 5.74) is 2.53.